The lowest BCUT2D eigenvalue weighted by Gasteiger charge is -2.24. The second-order valence-corrected chi connectivity index (χ2v) is 13.8. The molecule has 0 fully saturated rings. The van der Waals surface area contributed by atoms with E-state index in [0.29, 0.717) is 0 Å². The predicted molar refractivity (Wildman–Crippen MR) is 217 cm³/mol. The average Bonchev–Trinajstić information content (AvgIpc) is 3.38. The second kappa shape index (κ2) is 12.9. The van der Waals surface area contributed by atoms with E-state index in [1.54, 1.807) is 6.20 Å². The highest BCUT2D eigenvalue weighted by Gasteiger charge is 2.36. The van der Waals surface area contributed by atoms with Crippen molar-refractivity contribution in [3.8, 4) is 22.3 Å². The van der Waals surface area contributed by atoms with Crippen LogP contribution < -0.4 is 11.1 Å². The number of nitrogens with two attached hydrogens (primary N) is 1. The minimum Gasteiger partial charge on any atom is -0.404 e. The lowest BCUT2D eigenvalue weighted by Crippen LogP contribution is -2.15. The molecule has 0 amide bonds. The number of benzene rings is 7. The van der Waals surface area contributed by atoms with Gasteiger partial charge in [0.25, 0.3) is 0 Å². The molecule has 0 aliphatic heterocycles. The first-order valence-corrected chi connectivity index (χ1v) is 17.6. The normalized spacial score (nSPS) is 14.2. The number of hydrogen-bond acceptors (Lipinski definition) is 2. The van der Waals surface area contributed by atoms with Gasteiger partial charge >= 0.3 is 0 Å². The smallest absolute Gasteiger partial charge is 0.0159 e. The van der Waals surface area contributed by atoms with Gasteiger partial charge in [-0.1, -0.05) is 135 Å². The molecule has 2 nitrogen and oxygen atoms in total. The lowest BCUT2D eigenvalue weighted by atomic mass is 9.79. The molecule has 8 rings (SSSR count). The third-order valence-electron chi connectivity index (χ3n) is 10.5. The van der Waals surface area contributed by atoms with E-state index in [1.165, 1.54) is 82.0 Å². The molecule has 7 aromatic carbocycles. The molecule has 7 aromatic rings. The predicted octanol–water partition coefficient (Wildman–Crippen LogP) is 12.2. The van der Waals surface area contributed by atoms with Crippen LogP contribution in [0, 0.1) is 0 Å². The van der Waals surface area contributed by atoms with E-state index < -0.39 is 0 Å². The quantitative estimate of drug-likeness (QED) is 0.0746. The molecule has 0 saturated carbocycles. The highest BCUT2D eigenvalue weighted by Crippen LogP contribution is 2.53. The highest BCUT2D eigenvalue weighted by molar-refractivity contribution is 6.25. The first-order valence-electron chi connectivity index (χ1n) is 17.6. The Morgan fingerprint density at radius 1 is 0.600 bits per heavy atom. The molecule has 0 saturated heterocycles. The molecule has 3 N–H and O–H groups in total. The number of nitrogens with one attached hydrogen (secondary N) is 1. The molecule has 0 bridgehead atoms. The fourth-order valence-electron chi connectivity index (χ4n) is 8.18. The van der Waals surface area contributed by atoms with Gasteiger partial charge in [-0.15, -0.1) is 0 Å². The lowest BCUT2D eigenvalue weighted by molar-refractivity contribution is 0.661. The fourth-order valence-corrected chi connectivity index (χ4v) is 8.18. The molecule has 0 radical (unpaired) electrons. The molecule has 2 heteroatoms. The van der Waals surface area contributed by atoms with Crippen LogP contribution in [-0.4, -0.2) is 7.05 Å². The van der Waals surface area contributed by atoms with Gasteiger partial charge in [-0.2, -0.15) is 0 Å². The maximum atomic E-state index is 6.56. The van der Waals surface area contributed by atoms with Crippen molar-refractivity contribution >= 4 is 48.7 Å². The van der Waals surface area contributed by atoms with Crippen LogP contribution in [0.5, 0.6) is 0 Å². The molecule has 0 atom stereocenters. The Bertz CT molecular complexity index is 2560. The number of fused-ring (bicyclic) bond motifs is 8. The van der Waals surface area contributed by atoms with Gasteiger partial charge in [0, 0.05) is 18.7 Å². The van der Waals surface area contributed by atoms with E-state index in [-0.39, 0.29) is 5.41 Å². The zero-order valence-electron chi connectivity index (χ0n) is 29.0. The molecule has 50 heavy (non-hydrogen) atoms. The standard InChI is InChI=1S/C48H42N2/c1-48(2)44-26-16-15-23-37(44)40-29-42-43(30-45(40)48)46(33(31-49)19-8-6-4-5-7-17-27-50-3)38-24-13-14-25-39(38)47(42)41-28-32-18-9-10-20-34(32)35-21-11-12-22-36(35)41/h5,7-31,50H,4,6,49H2,1-3H3/b7-5-,19-8-,27-17-,33-31+. The molecule has 0 unspecified atom stereocenters. The summed E-state index contributed by atoms with van der Waals surface area (Å²) >= 11 is 0. The largest absolute Gasteiger partial charge is 0.404 e. The van der Waals surface area contributed by atoms with Crippen LogP contribution >= 0.6 is 0 Å². The van der Waals surface area contributed by atoms with Crippen molar-refractivity contribution in [3.63, 3.8) is 0 Å². The van der Waals surface area contributed by atoms with Crippen molar-refractivity contribution in [2.75, 3.05) is 7.05 Å². The van der Waals surface area contributed by atoms with Gasteiger partial charge < -0.3 is 11.1 Å². The Morgan fingerprint density at radius 3 is 2.08 bits per heavy atom. The van der Waals surface area contributed by atoms with Crippen molar-refractivity contribution in [1.29, 1.82) is 0 Å². The third kappa shape index (κ3) is 5.11. The van der Waals surface area contributed by atoms with E-state index in [4.69, 9.17) is 5.73 Å². The maximum Gasteiger partial charge on any atom is 0.0159 e. The van der Waals surface area contributed by atoms with Crippen LogP contribution in [0.25, 0.3) is 70.9 Å². The summed E-state index contributed by atoms with van der Waals surface area (Å²) in [6.07, 6.45) is 16.4. The molecular formula is C48H42N2. The minimum atomic E-state index is -0.130. The molecule has 244 valence electrons. The summed E-state index contributed by atoms with van der Waals surface area (Å²) in [6, 6.07) is 42.9. The van der Waals surface area contributed by atoms with Crippen molar-refractivity contribution in [2.24, 2.45) is 5.73 Å². The molecule has 0 aromatic heterocycles. The summed E-state index contributed by atoms with van der Waals surface area (Å²) in [5.41, 5.74) is 16.6. The number of allylic oxidation sites excluding steroid dienone is 6. The average molecular weight is 647 g/mol. The molecular weight excluding hydrogens is 605 g/mol. The Hall–Kier alpha value is -5.86. The zero-order valence-corrected chi connectivity index (χ0v) is 29.0. The Morgan fingerprint density at radius 2 is 1.28 bits per heavy atom. The van der Waals surface area contributed by atoms with Crippen molar-refractivity contribution in [3.05, 3.63) is 175 Å². The molecule has 1 aliphatic carbocycles. The van der Waals surface area contributed by atoms with Crippen molar-refractivity contribution in [1.82, 2.24) is 5.32 Å². The van der Waals surface area contributed by atoms with Crippen LogP contribution in [0.2, 0.25) is 0 Å². The van der Waals surface area contributed by atoms with Gasteiger partial charge in [-0.25, -0.2) is 0 Å². The number of hydrogen-bond donors (Lipinski definition) is 2. The summed E-state index contributed by atoms with van der Waals surface area (Å²) in [5, 5.41) is 13.0. The topological polar surface area (TPSA) is 38.0 Å². The minimum absolute atomic E-state index is 0.130. The summed E-state index contributed by atoms with van der Waals surface area (Å²) in [5.74, 6) is 0. The fraction of sp³-hybridized carbons (Fsp3) is 0.125. The van der Waals surface area contributed by atoms with Crippen LogP contribution in [0.4, 0.5) is 0 Å². The molecule has 0 heterocycles. The summed E-state index contributed by atoms with van der Waals surface area (Å²) in [4.78, 5) is 0. The van der Waals surface area contributed by atoms with Crippen LogP contribution in [0.3, 0.4) is 0 Å². The first-order chi connectivity index (χ1) is 24.5. The summed E-state index contributed by atoms with van der Waals surface area (Å²) in [7, 11) is 1.91. The van der Waals surface area contributed by atoms with Gasteiger partial charge in [0.15, 0.2) is 0 Å². The Balaban J connectivity index is 1.45. The SMILES string of the molecule is CN/C=C\C=C/CC/C=C\C(=C/N)c1c2ccccc2c(-c2cc3ccccc3c3ccccc23)c2cc3c(cc12)C(C)(C)c1ccccc1-3. The van der Waals surface area contributed by atoms with E-state index in [9.17, 15) is 0 Å². The molecule has 0 spiro atoms. The van der Waals surface area contributed by atoms with Crippen LogP contribution in [-0.2, 0) is 5.41 Å². The Labute approximate surface area is 295 Å². The maximum absolute atomic E-state index is 6.56. The van der Waals surface area contributed by atoms with Gasteiger partial charge in [0.1, 0.15) is 0 Å². The van der Waals surface area contributed by atoms with Crippen LogP contribution in [0.1, 0.15) is 43.4 Å². The van der Waals surface area contributed by atoms with E-state index in [0.717, 1.165) is 18.4 Å². The van der Waals surface area contributed by atoms with E-state index in [1.807, 2.05) is 19.3 Å². The summed E-state index contributed by atoms with van der Waals surface area (Å²) in [6.45, 7) is 4.72. The number of rotatable bonds is 8. The Kier molecular flexibility index (Phi) is 8.09. The highest BCUT2D eigenvalue weighted by atomic mass is 14.8. The van der Waals surface area contributed by atoms with Gasteiger partial charge in [-0.3, -0.25) is 0 Å². The van der Waals surface area contributed by atoms with Gasteiger partial charge in [0.2, 0.25) is 0 Å². The monoisotopic (exact) mass is 646 g/mol. The third-order valence-corrected chi connectivity index (χ3v) is 10.5. The first kappa shape index (κ1) is 31.4. The zero-order chi connectivity index (χ0) is 34.2. The van der Waals surface area contributed by atoms with E-state index in [2.05, 4.69) is 159 Å². The van der Waals surface area contributed by atoms with Crippen LogP contribution in [0.15, 0.2) is 158 Å². The van der Waals surface area contributed by atoms with Crippen molar-refractivity contribution in [2.45, 2.75) is 32.1 Å². The number of unbranched alkanes of at least 4 members (excludes halogenated alkanes) is 1. The second-order valence-electron chi connectivity index (χ2n) is 13.8. The van der Waals surface area contributed by atoms with E-state index >= 15 is 0 Å². The van der Waals surface area contributed by atoms with Gasteiger partial charge in [0.05, 0.1) is 0 Å². The summed E-state index contributed by atoms with van der Waals surface area (Å²) < 4.78 is 0. The molecule has 1 aliphatic rings. The van der Waals surface area contributed by atoms with Crippen molar-refractivity contribution < 1.29 is 0 Å². The van der Waals surface area contributed by atoms with Gasteiger partial charge in [-0.05, 0) is 131 Å².